The van der Waals surface area contributed by atoms with Gasteiger partial charge in [0.15, 0.2) is 0 Å². The van der Waals surface area contributed by atoms with Crippen LogP contribution in [0.2, 0.25) is 0 Å². The van der Waals surface area contributed by atoms with Crippen molar-refractivity contribution in [3.63, 3.8) is 0 Å². The zero-order chi connectivity index (χ0) is 13.5. The van der Waals surface area contributed by atoms with Gasteiger partial charge in [-0.15, -0.1) is 0 Å². The zero-order valence-electron chi connectivity index (χ0n) is 10.6. The molecule has 0 unspecified atom stereocenters. The normalized spacial score (nSPS) is 11.2. The van der Waals surface area contributed by atoms with Gasteiger partial charge in [-0.25, -0.2) is 4.98 Å². The molecule has 4 rings (SSSR count). The van der Waals surface area contributed by atoms with Crippen molar-refractivity contribution < 1.29 is 0 Å². The van der Waals surface area contributed by atoms with Crippen molar-refractivity contribution in [3.8, 4) is 5.69 Å². The summed E-state index contributed by atoms with van der Waals surface area (Å²) in [6.45, 7) is 0. The van der Waals surface area contributed by atoms with Crippen molar-refractivity contribution in [2.24, 2.45) is 0 Å². The van der Waals surface area contributed by atoms with E-state index in [-0.39, 0.29) is 0 Å². The predicted octanol–water partition coefficient (Wildman–Crippen LogP) is 4.94. The van der Waals surface area contributed by atoms with E-state index in [1.165, 1.54) is 16.3 Å². The lowest BCUT2D eigenvalue weighted by Crippen LogP contribution is -1.94. The molecule has 0 spiro atoms. The average Bonchev–Trinajstić information content (AvgIpc) is 2.81. The smallest absolute Gasteiger partial charge is 0.145 e. The molecule has 2 heterocycles. The van der Waals surface area contributed by atoms with Crippen LogP contribution < -0.4 is 0 Å². The lowest BCUT2D eigenvalue weighted by Gasteiger charge is -2.06. The maximum Gasteiger partial charge on any atom is 0.145 e. The van der Waals surface area contributed by atoms with Crippen LogP contribution in [0, 0.1) is 0 Å². The van der Waals surface area contributed by atoms with E-state index in [9.17, 15) is 0 Å². The van der Waals surface area contributed by atoms with Crippen LogP contribution in [0.4, 0.5) is 0 Å². The van der Waals surface area contributed by atoms with Gasteiger partial charge in [-0.05, 0) is 36.4 Å². The van der Waals surface area contributed by atoms with E-state index in [0.717, 1.165) is 15.8 Å². The number of halogens is 1. The molecule has 0 amide bonds. The van der Waals surface area contributed by atoms with Crippen molar-refractivity contribution in [3.05, 3.63) is 71.3 Å². The molecule has 3 heteroatoms. The average molecular weight is 323 g/mol. The molecule has 2 aromatic carbocycles. The summed E-state index contributed by atoms with van der Waals surface area (Å²) in [7, 11) is 0. The minimum atomic E-state index is 0.992. The molecule has 0 saturated carbocycles. The van der Waals surface area contributed by atoms with Crippen LogP contribution in [0.5, 0.6) is 0 Å². The molecule has 2 aromatic heterocycles. The highest BCUT2D eigenvalue weighted by atomic mass is 79.9. The number of aromatic nitrogens is 2. The summed E-state index contributed by atoms with van der Waals surface area (Å²) in [5, 5.41) is 2.40. The molecule has 0 fully saturated rings. The fraction of sp³-hybridized carbons (Fsp3) is 0. The molecule has 20 heavy (non-hydrogen) atoms. The number of rotatable bonds is 1. The van der Waals surface area contributed by atoms with Crippen LogP contribution in [-0.4, -0.2) is 9.55 Å². The monoisotopic (exact) mass is 322 g/mol. The Bertz CT molecular complexity index is 910. The van der Waals surface area contributed by atoms with Crippen LogP contribution in [0.25, 0.3) is 27.6 Å². The van der Waals surface area contributed by atoms with E-state index in [4.69, 9.17) is 0 Å². The van der Waals surface area contributed by atoms with Crippen LogP contribution in [0.3, 0.4) is 0 Å². The number of fused-ring (bicyclic) bond motifs is 3. The molecule has 96 valence electrons. The van der Waals surface area contributed by atoms with Gasteiger partial charge in [0.2, 0.25) is 0 Å². The van der Waals surface area contributed by atoms with Crippen LogP contribution >= 0.6 is 15.9 Å². The Labute approximate surface area is 124 Å². The first-order valence-electron chi connectivity index (χ1n) is 6.45. The fourth-order valence-corrected chi connectivity index (χ4v) is 3.00. The van der Waals surface area contributed by atoms with Gasteiger partial charge in [-0.2, -0.15) is 0 Å². The lowest BCUT2D eigenvalue weighted by atomic mass is 10.2. The number of hydrogen-bond donors (Lipinski definition) is 0. The number of para-hydroxylation sites is 1. The Balaban J connectivity index is 2.23. The van der Waals surface area contributed by atoms with E-state index in [1.54, 1.807) is 0 Å². The minimum absolute atomic E-state index is 0.992. The minimum Gasteiger partial charge on any atom is -0.294 e. The van der Waals surface area contributed by atoms with Gasteiger partial charge in [-0.1, -0.05) is 40.2 Å². The summed E-state index contributed by atoms with van der Waals surface area (Å²) >= 11 is 3.56. The topological polar surface area (TPSA) is 17.8 Å². The quantitative estimate of drug-likeness (QED) is 0.485. The molecular weight excluding hydrogens is 312 g/mol. The molecule has 0 aliphatic rings. The summed E-state index contributed by atoms with van der Waals surface area (Å²) in [5.74, 6) is 0. The Morgan fingerprint density at radius 1 is 0.850 bits per heavy atom. The number of benzene rings is 2. The van der Waals surface area contributed by atoms with Crippen molar-refractivity contribution in [2.75, 3.05) is 0 Å². The van der Waals surface area contributed by atoms with Gasteiger partial charge in [0.25, 0.3) is 0 Å². The van der Waals surface area contributed by atoms with Gasteiger partial charge in [0.05, 0.1) is 5.52 Å². The number of nitrogens with zero attached hydrogens (tertiary/aromatic N) is 2. The summed E-state index contributed by atoms with van der Waals surface area (Å²) in [6, 6.07) is 20.8. The van der Waals surface area contributed by atoms with E-state index >= 15 is 0 Å². The standard InChI is InChI=1S/C17H11BrN2/c18-12-8-9-14-15-7-4-10-19-17(15)20(16(14)11-12)13-5-2-1-3-6-13/h1-11H. The molecule has 0 radical (unpaired) electrons. The highest BCUT2D eigenvalue weighted by molar-refractivity contribution is 9.10. The van der Waals surface area contributed by atoms with Gasteiger partial charge < -0.3 is 0 Å². The molecule has 0 saturated heterocycles. The highest BCUT2D eigenvalue weighted by Crippen LogP contribution is 2.32. The molecule has 0 atom stereocenters. The first-order valence-corrected chi connectivity index (χ1v) is 7.24. The molecule has 4 aromatic rings. The predicted molar refractivity (Wildman–Crippen MR) is 86.3 cm³/mol. The van der Waals surface area contributed by atoms with Crippen molar-refractivity contribution in [2.45, 2.75) is 0 Å². The van der Waals surface area contributed by atoms with Gasteiger partial charge >= 0.3 is 0 Å². The van der Waals surface area contributed by atoms with Crippen LogP contribution in [-0.2, 0) is 0 Å². The van der Waals surface area contributed by atoms with Gasteiger partial charge in [0, 0.05) is 27.1 Å². The number of hydrogen-bond acceptors (Lipinski definition) is 1. The molecule has 2 nitrogen and oxygen atoms in total. The third-order valence-corrected chi connectivity index (χ3v) is 4.00. The van der Waals surface area contributed by atoms with Crippen LogP contribution in [0.15, 0.2) is 71.3 Å². The second-order valence-corrected chi connectivity index (χ2v) is 5.62. The third-order valence-electron chi connectivity index (χ3n) is 3.50. The number of pyridine rings is 1. The first-order chi connectivity index (χ1) is 9.84. The molecule has 0 aliphatic carbocycles. The summed E-state index contributed by atoms with van der Waals surface area (Å²) < 4.78 is 3.28. The zero-order valence-corrected chi connectivity index (χ0v) is 12.2. The SMILES string of the molecule is Brc1ccc2c3cccnc3n(-c3ccccc3)c2c1. The summed E-state index contributed by atoms with van der Waals surface area (Å²) in [4.78, 5) is 4.57. The molecular formula is C17H11BrN2. The van der Waals surface area contributed by atoms with Crippen molar-refractivity contribution >= 4 is 37.9 Å². The maximum atomic E-state index is 4.57. The van der Waals surface area contributed by atoms with Gasteiger partial charge in [0.1, 0.15) is 5.65 Å². The Kier molecular flexibility index (Phi) is 2.60. The summed E-state index contributed by atoms with van der Waals surface area (Å²) in [5.41, 5.74) is 3.29. The lowest BCUT2D eigenvalue weighted by molar-refractivity contribution is 1.13. The summed E-state index contributed by atoms with van der Waals surface area (Å²) in [6.07, 6.45) is 1.84. The van der Waals surface area contributed by atoms with E-state index < -0.39 is 0 Å². The second-order valence-electron chi connectivity index (χ2n) is 4.71. The van der Waals surface area contributed by atoms with E-state index in [1.807, 2.05) is 30.5 Å². The fourth-order valence-electron chi connectivity index (χ4n) is 2.66. The van der Waals surface area contributed by atoms with Crippen LogP contribution in [0.1, 0.15) is 0 Å². The Hall–Kier alpha value is -2.13. The highest BCUT2D eigenvalue weighted by Gasteiger charge is 2.12. The van der Waals surface area contributed by atoms with E-state index in [0.29, 0.717) is 0 Å². The Morgan fingerprint density at radius 2 is 1.70 bits per heavy atom. The first kappa shape index (κ1) is 11.7. The largest absolute Gasteiger partial charge is 0.294 e. The molecule has 0 N–H and O–H groups in total. The van der Waals surface area contributed by atoms with Crippen molar-refractivity contribution in [1.82, 2.24) is 9.55 Å². The van der Waals surface area contributed by atoms with Gasteiger partial charge in [-0.3, -0.25) is 4.57 Å². The van der Waals surface area contributed by atoms with Crippen molar-refractivity contribution in [1.29, 1.82) is 0 Å². The maximum absolute atomic E-state index is 4.57. The molecule has 0 bridgehead atoms. The van der Waals surface area contributed by atoms with E-state index in [2.05, 4.69) is 61.9 Å². The Morgan fingerprint density at radius 3 is 2.55 bits per heavy atom. The second kappa shape index (κ2) is 4.46. The molecule has 0 aliphatic heterocycles. The third kappa shape index (κ3) is 1.67.